The Hall–Kier alpha value is -2.13. The molecule has 3 atom stereocenters. The lowest BCUT2D eigenvalue weighted by Crippen LogP contribution is -2.39. The summed E-state index contributed by atoms with van der Waals surface area (Å²) in [7, 11) is -2.12. The van der Waals surface area contributed by atoms with E-state index in [2.05, 4.69) is 25.0 Å². The average Bonchev–Trinajstić information content (AvgIpc) is 2.92. The van der Waals surface area contributed by atoms with Crippen molar-refractivity contribution in [2.24, 2.45) is 0 Å². The first-order chi connectivity index (χ1) is 19.6. The van der Waals surface area contributed by atoms with Crippen molar-refractivity contribution in [1.82, 2.24) is 5.32 Å². The molecule has 0 heterocycles. The van der Waals surface area contributed by atoms with Gasteiger partial charge in [-0.1, -0.05) is 13.2 Å². The molecule has 0 aliphatic carbocycles. The molecule has 0 aliphatic rings. The summed E-state index contributed by atoms with van der Waals surface area (Å²) >= 11 is 0. The Labute approximate surface area is 246 Å². The highest BCUT2D eigenvalue weighted by molar-refractivity contribution is 6.66. The smallest absolute Gasteiger partial charge is 0.334 e. The molecule has 0 rings (SSSR count). The van der Waals surface area contributed by atoms with Gasteiger partial charge in [0.2, 0.25) is 0 Å². The SMILES string of the molecule is C=CC(=O)OCCOC(COCC(C)OC(=O)C=C)COCC(C)OC(=O)CCNCCC[Si](C)(OCC)OCC. The summed E-state index contributed by atoms with van der Waals surface area (Å²) in [5.74, 6) is -1.40. The quantitative estimate of drug-likeness (QED) is 0.0485. The molecule has 0 fully saturated rings. The Morgan fingerprint density at radius 2 is 1.41 bits per heavy atom. The fraction of sp³-hybridized carbons (Fsp3) is 0.750. The van der Waals surface area contributed by atoms with Crippen LogP contribution in [0.15, 0.2) is 25.3 Å². The van der Waals surface area contributed by atoms with E-state index in [1.165, 1.54) is 0 Å². The molecule has 12 nitrogen and oxygen atoms in total. The van der Waals surface area contributed by atoms with Gasteiger partial charge in [0, 0.05) is 31.9 Å². The lowest BCUT2D eigenvalue weighted by molar-refractivity contribution is -0.153. The summed E-state index contributed by atoms with van der Waals surface area (Å²) in [4.78, 5) is 34.7. The van der Waals surface area contributed by atoms with Crippen molar-refractivity contribution in [2.45, 2.75) is 71.4 Å². The maximum Gasteiger partial charge on any atom is 0.334 e. The summed E-state index contributed by atoms with van der Waals surface area (Å²) in [6, 6.07) is 0.887. The number of esters is 3. The van der Waals surface area contributed by atoms with E-state index in [9.17, 15) is 14.4 Å². The van der Waals surface area contributed by atoms with Gasteiger partial charge in [-0.15, -0.1) is 0 Å². The minimum atomic E-state index is -2.12. The molecule has 0 saturated heterocycles. The Balaban J connectivity index is 4.33. The molecule has 0 amide bonds. The Morgan fingerprint density at radius 3 is 1.98 bits per heavy atom. The van der Waals surface area contributed by atoms with E-state index in [1.807, 2.05) is 13.8 Å². The molecule has 0 spiro atoms. The van der Waals surface area contributed by atoms with E-state index >= 15 is 0 Å². The molecule has 13 heteroatoms. The van der Waals surface area contributed by atoms with Gasteiger partial charge < -0.3 is 42.6 Å². The third-order valence-corrected chi connectivity index (χ3v) is 8.43. The molecule has 41 heavy (non-hydrogen) atoms. The van der Waals surface area contributed by atoms with Crippen molar-refractivity contribution >= 4 is 26.5 Å². The average molecular weight is 606 g/mol. The molecule has 0 saturated carbocycles. The number of carbonyl (C=O) groups excluding carboxylic acids is 3. The molecule has 0 aliphatic heterocycles. The van der Waals surface area contributed by atoms with Gasteiger partial charge in [0.05, 0.1) is 39.5 Å². The zero-order chi connectivity index (χ0) is 30.9. The summed E-state index contributed by atoms with van der Waals surface area (Å²) in [5, 5.41) is 3.26. The van der Waals surface area contributed by atoms with Crippen LogP contribution in [0.5, 0.6) is 0 Å². The highest BCUT2D eigenvalue weighted by atomic mass is 28.4. The third kappa shape index (κ3) is 22.2. The first kappa shape index (κ1) is 38.9. The second-order valence-corrected chi connectivity index (χ2v) is 12.6. The molecule has 0 aromatic heterocycles. The lowest BCUT2D eigenvalue weighted by atomic mass is 10.3. The van der Waals surface area contributed by atoms with Crippen molar-refractivity contribution in [3.8, 4) is 0 Å². The minimum absolute atomic E-state index is 0.0387. The Morgan fingerprint density at radius 1 is 0.829 bits per heavy atom. The predicted molar refractivity (Wildman–Crippen MR) is 156 cm³/mol. The molecule has 238 valence electrons. The molecular formula is C28H51NO11Si. The first-order valence-electron chi connectivity index (χ1n) is 14.2. The summed E-state index contributed by atoms with van der Waals surface area (Å²) in [6.45, 7) is 19.5. The Bertz CT molecular complexity index is 747. The Kier molecular flexibility index (Phi) is 23.2. The van der Waals surface area contributed by atoms with E-state index in [0.29, 0.717) is 19.8 Å². The topological polar surface area (TPSA) is 137 Å². The van der Waals surface area contributed by atoms with Crippen LogP contribution < -0.4 is 5.32 Å². The van der Waals surface area contributed by atoms with Crippen molar-refractivity contribution in [1.29, 1.82) is 0 Å². The fourth-order valence-corrected chi connectivity index (χ4v) is 5.95. The second-order valence-electron chi connectivity index (χ2n) is 9.29. The highest BCUT2D eigenvalue weighted by Crippen LogP contribution is 2.15. The van der Waals surface area contributed by atoms with Crippen LogP contribution >= 0.6 is 0 Å². The summed E-state index contributed by atoms with van der Waals surface area (Å²) < 4.78 is 44.1. The minimum Gasteiger partial charge on any atom is -0.460 e. The van der Waals surface area contributed by atoms with Gasteiger partial charge in [-0.3, -0.25) is 4.79 Å². The van der Waals surface area contributed by atoms with Crippen LogP contribution in [0.3, 0.4) is 0 Å². The first-order valence-corrected chi connectivity index (χ1v) is 16.7. The maximum atomic E-state index is 12.2. The van der Waals surface area contributed by atoms with Crippen molar-refractivity contribution in [3.05, 3.63) is 25.3 Å². The number of hydrogen-bond donors (Lipinski definition) is 1. The van der Waals surface area contributed by atoms with Gasteiger partial charge in [-0.25, -0.2) is 9.59 Å². The monoisotopic (exact) mass is 605 g/mol. The molecular weight excluding hydrogens is 554 g/mol. The van der Waals surface area contributed by atoms with Crippen LogP contribution in [0.25, 0.3) is 0 Å². The molecule has 3 unspecified atom stereocenters. The van der Waals surface area contributed by atoms with Gasteiger partial charge in [-0.2, -0.15) is 0 Å². The number of carbonyl (C=O) groups is 3. The van der Waals surface area contributed by atoms with Gasteiger partial charge in [0.1, 0.15) is 24.9 Å². The second kappa shape index (κ2) is 24.5. The molecule has 1 N–H and O–H groups in total. The van der Waals surface area contributed by atoms with Crippen molar-refractivity contribution in [2.75, 3.05) is 65.9 Å². The third-order valence-electron chi connectivity index (χ3n) is 5.37. The fourth-order valence-electron chi connectivity index (χ4n) is 3.54. The molecule has 0 radical (unpaired) electrons. The van der Waals surface area contributed by atoms with Crippen LogP contribution in [0.4, 0.5) is 0 Å². The van der Waals surface area contributed by atoms with Gasteiger partial charge in [-0.05, 0) is 53.3 Å². The maximum absolute atomic E-state index is 12.2. The van der Waals surface area contributed by atoms with E-state index < -0.39 is 38.8 Å². The standard InChI is InChI=1S/C28H51NO11Si/c1-8-26(30)36-17-16-35-25(21-33-19-23(5)39-27(31)9-2)22-34-20-24(6)40-28(32)13-15-29-14-12-18-41(7,37-10-3)38-11-4/h8-9,23-25,29H,1-2,10-22H2,3-7H3. The zero-order valence-electron chi connectivity index (χ0n) is 25.5. The lowest BCUT2D eigenvalue weighted by Gasteiger charge is -2.25. The number of ether oxygens (including phenoxy) is 6. The van der Waals surface area contributed by atoms with E-state index in [0.717, 1.165) is 31.2 Å². The van der Waals surface area contributed by atoms with Gasteiger partial charge in [0.15, 0.2) is 0 Å². The van der Waals surface area contributed by atoms with E-state index in [1.54, 1.807) is 13.8 Å². The van der Waals surface area contributed by atoms with Crippen LogP contribution in [-0.4, -0.2) is 111 Å². The van der Waals surface area contributed by atoms with Crippen LogP contribution in [0.1, 0.15) is 40.5 Å². The summed E-state index contributed by atoms with van der Waals surface area (Å²) in [6.07, 6.45) is 1.87. The number of hydrogen-bond acceptors (Lipinski definition) is 12. The molecule has 0 aromatic rings. The number of nitrogens with one attached hydrogen (secondary N) is 1. The number of rotatable bonds is 27. The summed E-state index contributed by atoms with van der Waals surface area (Å²) in [5.41, 5.74) is 0. The molecule has 0 bridgehead atoms. The predicted octanol–water partition coefficient (Wildman–Crippen LogP) is 2.70. The largest absolute Gasteiger partial charge is 0.460 e. The van der Waals surface area contributed by atoms with Gasteiger partial charge in [0.25, 0.3) is 0 Å². The zero-order valence-corrected chi connectivity index (χ0v) is 26.5. The van der Waals surface area contributed by atoms with Crippen LogP contribution in [-0.2, 0) is 51.7 Å². The van der Waals surface area contributed by atoms with Gasteiger partial charge >= 0.3 is 26.5 Å². The highest BCUT2D eigenvalue weighted by Gasteiger charge is 2.29. The van der Waals surface area contributed by atoms with Crippen LogP contribution in [0, 0.1) is 0 Å². The normalized spacial score (nSPS) is 13.6. The van der Waals surface area contributed by atoms with E-state index in [-0.39, 0.29) is 52.0 Å². The van der Waals surface area contributed by atoms with E-state index in [4.69, 9.17) is 37.3 Å². The van der Waals surface area contributed by atoms with Crippen LogP contribution in [0.2, 0.25) is 12.6 Å². The van der Waals surface area contributed by atoms with Crippen molar-refractivity contribution in [3.63, 3.8) is 0 Å². The molecule has 0 aromatic carbocycles. The van der Waals surface area contributed by atoms with Crippen molar-refractivity contribution < 1.29 is 51.7 Å².